The normalized spacial score (nSPS) is 14.7. The highest BCUT2D eigenvalue weighted by molar-refractivity contribution is 9.10. The summed E-state index contributed by atoms with van der Waals surface area (Å²) in [6.07, 6.45) is 2.58. The number of amides is 1. The molecule has 6 nitrogen and oxygen atoms in total. The number of nitrogens with zero attached hydrogens (tertiary/aromatic N) is 1. The van der Waals surface area contributed by atoms with Crippen molar-refractivity contribution in [1.82, 2.24) is 4.31 Å². The molecule has 1 saturated heterocycles. The molecule has 0 saturated carbocycles. The number of nitrogens with one attached hydrogen (secondary N) is 1. The van der Waals surface area contributed by atoms with Gasteiger partial charge in [-0.2, -0.15) is 4.31 Å². The molecule has 0 spiro atoms. The third kappa shape index (κ3) is 5.04. The van der Waals surface area contributed by atoms with Gasteiger partial charge in [-0.05, 0) is 80.1 Å². The van der Waals surface area contributed by atoms with Gasteiger partial charge in [-0.15, -0.1) is 0 Å². The average Bonchev–Trinajstić information content (AvgIpc) is 3.24. The van der Waals surface area contributed by atoms with E-state index in [1.54, 1.807) is 25.1 Å². The van der Waals surface area contributed by atoms with Crippen LogP contribution in [0.25, 0.3) is 0 Å². The highest BCUT2D eigenvalue weighted by Gasteiger charge is 2.27. The van der Waals surface area contributed by atoms with Crippen molar-refractivity contribution in [2.45, 2.75) is 44.9 Å². The highest BCUT2D eigenvalue weighted by atomic mass is 79.9. The second-order valence-corrected chi connectivity index (χ2v) is 10.3. The summed E-state index contributed by atoms with van der Waals surface area (Å²) in [5.41, 5.74) is 3.50. The summed E-state index contributed by atoms with van der Waals surface area (Å²) < 4.78 is 33.6. The fraction of sp³-hybridized carbons (Fsp3) is 0.409. The molecule has 0 aliphatic carbocycles. The van der Waals surface area contributed by atoms with Gasteiger partial charge in [-0.1, -0.05) is 22.9 Å². The fourth-order valence-electron chi connectivity index (χ4n) is 3.61. The minimum Gasteiger partial charge on any atom is -0.483 e. The second-order valence-electron chi connectivity index (χ2n) is 7.49. The zero-order chi connectivity index (χ0) is 21.9. The van der Waals surface area contributed by atoms with E-state index in [0.717, 1.165) is 40.5 Å². The van der Waals surface area contributed by atoms with Crippen molar-refractivity contribution in [2.24, 2.45) is 0 Å². The minimum absolute atomic E-state index is 0.155. The highest BCUT2D eigenvalue weighted by Crippen LogP contribution is 2.28. The molecule has 1 heterocycles. The van der Waals surface area contributed by atoms with E-state index < -0.39 is 10.0 Å². The van der Waals surface area contributed by atoms with E-state index >= 15 is 0 Å². The molecule has 1 aliphatic heterocycles. The molecule has 1 amide bonds. The first-order valence-corrected chi connectivity index (χ1v) is 12.3. The molecule has 2 aromatic rings. The van der Waals surface area contributed by atoms with E-state index in [2.05, 4.69) is 21.2 Å². The van der Waals surface area contributed by atoms with Crippen molar-refractivity contribution < 1.29 is 17.9 Å². The summed E-state index contributed by atoms with van der Waals surface area (Å²) in [5, 5.41) is 2.93. The van der Waals surface area contributed by atoms with Crippen LogP contribution in [0.2, 0.25) is 0 Å². The molecule has 1 N–H and O–H groups in total. The van der Waals surface area contributed by atoms with Gasteiger partial charge in [0, 0.05) is 23.2 Å². The van der Waals surface area contributed by atoms with Crippen molar-refractivity contribution in [2.75, 3.05) is 25.0 Å². The molecule has 162 valence electrons. The lowest BCUT2D eigenvalue weighted by atomic mass is 10.1. The number of rotatable bonds is 7. The Kier molecular flexibility index (Phi) is 7.21. The van der Waals surface area contributed by atoms with Gasteiger partial charge < -0.3 is 10.1 Å². The standard InChI is InChI=1S/C22H27BrN2O4S/c1-4-17-13-18(23)11-16(3)22(17)24-21(26)14-29-20-8-7-19(12-15(20)2)30(27,28)25-9-5-6-10-25/h7-8,11-13H,4-6,9-10,14H2,1-3H3,(H,24,26). The van der Waals surface area contributed by atoms with E-state index in [1.807, 2.05) is 26.0 Å². The Morgan fingerprint density at radius 2 is 1.83 bits per heavy atom. The molecule has 0 radical (unpaired) electrons. The molecule has 2 aromatic carbocycles. The third-order valence-corrected chi connectivity index (χ3v) is 7.59. The molecule has 1 fully saturated rings. The number of anilines is 1. The predicted octanol–water partition coefficient (Wildman–Crippen LogP) is 4.43. The maximum absolute atomic E-state index is 12.7. The number of hydrogen-bond acceptors (Lipinski definition) is 4. The maximum Gasteiger partial charge on any atom is 0.262 e. The summed E-state index contributed by atoms with van der Waals surface area (Å²) in [7, 11) is -3.47. The van der Waals surface area contributed by atoms with Crippen molar-refractivity contribution in [3.05, 3.63) is 51.5 Å². The number of benzene rings is 2. The first-order chi connectivity index (χ1) is 14.2. The fourth-order valence-corrected chi connectivity index (χ4v) is 5.83. The summed E-state index contributed by atoms with van der Waals surface area (Å²) in [6, 6.07) is 8.72. The first kappa shape index (κ1) is 22.8. The SMILES string of the molecule is CCc1cc(Br)cc(C)c1NC(=O)COc1ccc(S(=O)(=O)N2CCCC2)cc1C. The van der Waals surface area contributed by atoms with Gasteiger partial charge >= 0.3 is 0 Å². The molecule has 0 atom stereocenters. The molecule has 0 bridgehead atoms. The lowest BCUT2D eigenvalue weighted by molar-refractivity contribution is -0.118. The monoisotopic (exact) mass is 494 g/mol. The van der Waals surface area contributed by atoms with Crippen LogP contribution in [0.3, 0.4) is 0 Å². The summed E-state index contributed by atoms with van der Waals surface area (Å²) in [4.78, 5) is 12.7. The van der Waals surface area contributed by atoms with Crippen molar-refractivity contribution in [1.29, 1.82) is 0 Å². The Labute approximate surface area is 186 Å². The summed E-state index contributed by atoms with van der Waals surface area (Å²) in [5.74, 6) is 0.233. The molecule has 8 heteroatoms. The zero-order valence-electron chi connectivity index (χ0n) is 17.5. The zero-order valence-corrected chi connectivity index (χ0v) is 19.9. The maximum atomic E-state index is 12.7. The number of sulfonamides is 1. The molecule has 30 heavy (non-hydrogen) atoms. The van der Waals surface area contributed by atoms with Crippen LogP contribution in [0.4, 0.5) is 5.69 Å². The van der Waals surface area contributed by atoms with E-state index in [-0.39, 0.29) is 17.4 Å². The predicted molar refractivity (Wildman–Crippen MR) is 122 cm³/mol. The number of ether oxygens (including phenoxy) is 1. The first-order valence-electron chi connectivity index (χ1n) is 10.0. The van der Waals surface area contributed by atoms with Crippen LogP contribution in [-0.4, -0.2) is 38.3 Å². The lowest BCUT2D eigenvalue weighted by Crippen LogP contribution is -2.28. The van der Waals surface area contributed by atoms with Crippen LogP contribution in [0, 0.1) is 13.8 Å². The molecule has 0 aromatic heterocycles. The van der Waals surface area contributed by atoms with Crippen LogP contribution in [-0.2, 0) is 21.2 Å². The summed E-state index contributed by atoms with van der Waals surface area (Å²) >= 11 is 3.48. The van der Waals surface area contributed by atoms with Gasteiger partial charge in [0.1, 0.15) is 5.75 Å². The van der Waals surface area contributed by atoms with Crippen LogP contribution in [0.5, 0.6) is 5.75 Å². The molecular weight excluding hydrogens is 468 g/mol. The van der Waals surface area contributed by atoms with Gasteiger partial charge in [0.2, 0.25) is 10.0 Å². The third-order valence-electron chi connectivity index (χ3n) is 5.24. The van der Waals surface area contributed by atoms with Gasteiger partial charge in [-0.25, -0.2) is 8.42 Å². The van der Waals surface area contributed by atoms with Crippen molar-refractivity contribution in [3.8, 4) is 5.75 Å². The van der Waals surface area contributed by atoms with E-state index in [0.29, 0.717) is 24.4 Å². The number of halogens is 1. The topological polar surface area (TPSA) is 75.7 Å². The van der Waals surface area contributed by atoms with Crippen molar-refractivity contribution in [3.63, 3.8) is 0 Å². The van der Waals surface area contributed by atoms with Gasteiger partial charge in [-0.3, -0.25) is 4.79 Å². The minimum atomic E-state index is -3.47. The number of hydrogen-bond donors (Lipinski definition) is 1. The molecular formula is C22H27BrN2O4S. The largest absolute Gasteiger partial charge is 0.483 e. The van der Waals surface area contributed by atoms with Crippen LogP contribution in [0.15, 0.2) is 39.7 Å². The van der Waals surface area contributed by atoms with Crippen molar-refractivity contribution >= 4 is 37.5 Å². The van der Waals surface area contributed by atoms with Crippen LogP contribution >= 0.6 is 15.9 Å². The Hall–Kier alpha value is -1.90. The number of carbonyl (C=O) groups excluding carboxylic acids is 1. The van der Waals surface area contributed by atoms with E-state index in [9.17, 15) is 13.2 Å². The molecule has 1 aliphatic rings. The average molecular weight is 495 g/mol. The van der Waals surface area contributed by atoms with E-state index in [4.69, 9.17) is 4.74 Å². The lowest BCUT2D eigenvalue weighted by Gasteiger charge is -2.17. The van der Waals surface area contributed by atoms with E-state index in [1.165, 1.54) is 4.31 Å². The Morgan fingerprint density at radius 1 is 1.13 bits per heavy atom. The summed E-state index contributed by atoms with van der Waals surface area (Å²) in [6.45, 7) is 6.74. The Morgan fingerprint density at radius 3 is 2.47 bits per heavy atom. The Balaban J connectivity index is 1.67. The van der Waals surface area contributed by atoms with Crippen LogP contribution < -0.4 is 10.1 Å². The Bertz CT molecular complexity index is 1050. The molecule has 0 unspecified atom stereocenters. The smallest absolute Gasteiger partial charge is 0.262 e. The van der Waals surface area contributed by atoms with Crippen LogP contribution in [0.1, 0.15) is 36.5 Å². The number of aryl methyl sites for hydroxylation is 3. The van der Waals surface area contributed by atoms with Gasteiger partial charge in [0.05, 0.1) is 4.90 Å². The van der Waals surface area contributed by atoms with Gasteiger partial charge in [0.15, 0.2) is 6.61 Å². The number of carbonyl (C=O) groups is 1. The van der Waals surface area contributed by atoms with Gasteiger partial charge in [0.25, 0.3) is 5.91 Å². The molecule has 3 rings (SSSR count). The quantitative estimate of drug-likeness (QED) is 0.617. The second kappa shape index (κ2) is 9.49.